The summed E-state index contributed by atoms with van der Waals surface area (Å²) in [6.07, 6.45) is 0.862. The van der Waals surface area contributed by atoms with Crippen LogP contribution in [0.4, 0.5) is 0 Å². The lowest BCUT2D eigenvalue weighted by molar-refractivity contribution is 1.13. The van der Waals surface area contributed by atoms with E-state index in [0.717, 1.165) is 16.3 Å². The largest absolute Gasteiger partial charge is 0.143 e. The quantitative estimate of drug-likeness (QED) is 0.736. The van der Waals surface area contributed by atoms with E-state index in [4.69, 9.17) is 11.6 Å². The van der Waals surface area contributed by atoms with Crippen LogP contribution in [0.2, 0.25) is 5.02 Å². The van der Waals surface area contributed by atoms with Gasteiger partial charge in [0.15, 0.2) is 0 Å². The molecule has 0 N–H and O–H groups in total. The van der Waals surface area contributed by atoms with E-state index in [0.29, 0.717) is 0 Å². The van der Waals surface area contributed by atoms with Gasteiger partial charge in [-0.05, 0) is 55.2 Å². The van der Waals surface area contributed by atoms with Gasteiger partial charge in [-0.15, -0.1) is 12.6 Å². The molecule has 0 aliphatic rings. The molecule has 0 heterocycles. The highest BCUT2D eigenvalue weighted by molar-refractivity contribution is 7.80. The molecule has 0 fully saturated rings. The van der Waals surface area contributed by atoms with Crippen molar-refractivity contribution < 1.29 is 0 Å². The summed E-state index contributed by atoms with van der Waals surface area (Å²) in [6.45, 7) is 4.20. The second kappa shape index (κ2) is 5.16. The molecular formula is C15H15ClS. The molecular weight excluding hydrogens is 248 g/mol. The average Bonchev–Trinajstić information content (AvgIpc) is 2.28. The molecule has 0 bridgehead atoms. The Labute approximate surface area is 113 Å². The van der Waals surface area contributed by atoms with Crippen LogP contribution in [-0.4, -0.2) is 0 Å². The van der Waals surface area contributed by atoms with E-state index in [1.54, 1.807) is 0 Å². The van der Waals surface area contributed by atoms with Gasteiger partial charge in [0.1, 0.15) is 0 Å². The summed E-state index contributed by atoms with van der Waals surface area (Å²) in [5.74, 6) is 0. The smallest absolute Gasteiger partial charge is 0.0441 e. The predicted molar refractivity (Wildman–Crippen MR) is 77.4 cm³/mol. The Bertz CT molecular complexity index is 497. The molecule has 0 amide bonds. The third kappa shape index (κ3) is 3.05. The minimum absolute atomic E-state index is 0.833. The SMILES string of the molecule is Cc1ccc(Cl)c(Cc2cc(S)ccc2C)c1. The standard InChI is InChI=1S/C15H15ClS/c1-10-3-6-15(16)13(7-10)8-12-9-14(17)5-4-11(12)2/h3-7,9,17H,8H2,1-2H3. The van der Waals surface area contributed by atoms with Gasteiger partial charge >= 0.3 is 0 Å². The minimum Gasteiger partial charge on any atom is -0.143 e. The predicted octanol–water partition coefficient (Wildman–Crippen LogP) is 4.84. The van der Waals surface area contributed by atoms with Crippen LogP contribution in [0.3, 0.4) is 0 Å². The molecule has 0 saturated heterocycles. The molecule has 0 saturated carbocycles. The Morgan fingerprint density at radius 2 is 1.76 bits per heavy atom. The van der Waals surface area contributed by atoms with Crippen molar-refractivity contribution in [3.63, 3.8) is 0 Å². The normalized spacial score (nSPS) is 10.6. The molecule has 0 radical (unpaired) electrons. The lowest BCUT2D eigenvalue weighted by Crippen LogP contribution is -1.93. The van der Waals surface area contributed by atoms with Crippen molar-refractivity contribution in [2.24, 2.45) is 0 Å². The van der Waals surface area contributed by atoms with Crippen LogP contribution in [-0.2, 0) is 6.42 Å². The fourth-order valence-corrected chi connectivity index (χ4v) is 2.31. The molecule has 2 rings (SSSR count). The monoisotopic (exact) mass is 262 g/mol. The molecule has 17 heavy (non-hydrogen) atoms. The van der Waals surface area contributed by atoms with Crippen molar-refractivity contribution in [1.29, 1.82) is 0 Å². The summed E-state index contributed by atoms with van der Waals surface area (Å²) in [5.41, 5.74) is 4.98. The van der Waals surface area contributed by atoms with Crippen LogP contribution < -0.4 is 0 Å². The fraction of sp³-hybridized carbons (Fsp3) is 0.200. The molecule has 0 aliphatic carbocycles. The number of hydrogen-bond donors (Lipinski definition) is 1. The highest BCUT2D eigenvalue weighted by Crippen LogP contribution is 2.23. The molecule has 0 unspecified atom stereocenters. The summed E-state index contributed by atoms with van der Waals surface area (Å²) >= 11 is 10.6. The van der Waals surface area contributed by atoms with Crippen molar-refractivity contribution in [2.45, 2.75) is 25.2 Å². The first kappa shape index (κ1) is 12.5. The number of thiol groups is 1. The lowest BCUT2D eigenvalue weighted by atomic mass is 9.99. The maximum Gasteiger partial charge on any atom is 0.0441 e. The molecule has 0 aliphatic heterocycles. The third-order valence-electron chi connectivity index (χ3n) is 2.91. The molecule has 0 spiro atoms. The van der Waals surface area contributed by atoms with Crippen LogP contribution in [0.1, 0.15) is 22.3 Å². The van der Waals surface area contributed by atoms with Crippen molar-refractivity contribution >= 4 is 24.2 Å². The molecule has 0 nitrogen and oxygen atoms in total. The Hall–Kier alpha value is -0.920. The third-order valence-corrected chi connectivity index (χ3v) is 3.56. The van der Waals surface area contributed by atoms with Crippen LogP contribution in [0.5, 0.6) is 0 Å². The van der Waals surface area contributed by atoms with E-state index in [1.165, 1.54) is 22.3 Å². The summed E-state index contributed by atoms with van der Waals surface area (Å²) in [6, 6.07) is 12.4. The summed E-state index contributed by atoms with van der Waals surface area (Å²) in [5, 5.41) is 0.833. The van der Waals surface area contributed by atoms with E-state index in [-0.39, 0.29) is 0 Å². The molecule has 88 valence electrons. The molecule has 0 aromatic heterocycles. The van der Waals surface area contributed by atoms with Crippen molar-refractivity contribution in [2.75, 3.05) is 0 Å². The Morgan fingerprint density at radius 1 is 1.00 bits per heavy atom. The number of halogens is 1. The summed E-state index contributed by atoms with van der Waals surface area (Å²) in [4.78, 5) is 0.995. The highest BCUT2D eigenvalue weighted by atomic mass is 35.5. The minimum atomic E-state index is 0.833. The van der Waals surface area contributed by atoms with Gasteiger partial charge in [0.25, 0.3) is 0 Å². The molecule has 2 heteroatoms. The number of hydrogen-bond acceptors (Lipinski definition) is 1. The zero-order valence-corrected chi connectivity index (χ0v) is 11.6. The Morgan fingerprint density at radius 3 is 2.53 bits per heavy atom. The van der Waals surface area contributed by atoms with Gasteiger partial charge in [0.05, 0.1) is 0 Å². The van der Waals surface area contributed by atoms with Gasteiger partial charge in [-0.25, -0.2) is 0 Å². The second-order valence-electron chi connectivity index (χ2n) is 4.38. The van der Waals surface area contributed by atoms with Crippen LogP contribution >= 0.6 is 24.2 Å². The topological polar surface area (TPSA) is 0 Å². The maximum atomic E-state index is 6.22. The van der Waals surface area contributed by atoms with Gasteiger partial charge in [-0.3, -0.25) is 0 Å². The van der Waals surface area contributed by atoms with Crippen LogP contribution in [0.25, 0.3) is 0 Å². The van der Waals surface area contributed by atoms with Gasteiger partial charge in [0, 0.05) is 9.92 Å². The molecule has 2 aromatic carbocycles. The van der Waals surface area contributed by atoms with Crippen molar-refractivity contribution in [3.8, 4) is 0 Å². The average molecular weight is 263 g/mol. The molecule has 0 atom stereocenters. The molecule has 2 aromatic rings. The van der Waals surface area contributed by atoms with Gasteiger partial charge in [0.2, 0.25) is 0 Å². The first-order valence-corrected chi connectivity index (χ1v) is 6.42. The fourth-order valence-electron chi connectivity index (χ4n) is 1.89. The Balaban J connectivity index is 2.37. The van der Waals surface area contributed by atoms with E-state index in [1.807, 2.05) is 18.2 Å². The second-order valence-corrected chi connectivity index (χ2v) is 5.31. The number of rotatable bonds is 2. The summed E-state index contributed by atoms with van der Waals surface area (Å²) in [7, 11) is 0. The Kier molecular flexibility index (Phi) is 3.80. The van der Waals surface area contributed by atoms with Crippen LogP contribution in [0.15, 0.2) is 41.3 Å². The van der Waals surface area contributed by atoms with E-state index < -0.39 is 0 Å². The zero-order valence-electron chi connectivity index (χ0n) is 10.00. The summed E-state index contributed by atoms with van der Waals surface area (Å²) < 4.78 is 0. The van der Waals surface area contributed by atoms with Gasteiger partial charge in [-0.2, -0.15) is 0 Å². The maximum absolute atomic E-state index is 6.22. The van der Waals surface area contributed by atoms with Gasteiger partial charge in [-0.1, -0.05) is 35.4 Å². The van der Waals surface area contributed by atoms with E-state index in [9.17, 15) is 0 Å². The van der Waals surface area contributed by atoms with E-state index in [2.05, 4.69) is 44.7 Å². The van der Waals surface area contributed by atoms with Crippen molar-refractivity contribution in [3.05, 3.63) is 63.7 Å². The first-order valence-electron chi connectivity index (χ1n) is 5.60. The van der Waals surface area contributed by atoms with Crippen molar-refractivity contribution in [1.82, 2.24) is 0 Å². The number of aryl methyl sites for hydroxylation is 2. The van der Waals surface area contributed by atoms with E-state index >= 15 is 0 Å². The van der Waals surface area contributed by atoms with Crippen LogP contribution in [0, 0.1) is 13.8 Å². The zero-order chi connectivity index (χ0) is 12.4. The lowest BCUT2D eigenvalue weighted by Gasteiger charge is -2.09. The number of benzene rings is 2. The highest BCUT2D eigenvalue weighted by Gasteiger charge is 2.05. The van der Waals surface area contributed by atoms with Gasteiger partial charge < -0.3 is 0 Å². The first-order chi connectivity index (χ1) is 8.06.